The van der Waals surface area contributed by atoms with Gasteiger partial charge in [-0.3, -0.25) is 14.2 Å². The normalized spacial score (nSPS) is 17.7. The zero-order valence-electron chi connectivity index (χ0n) is 22.6. The summed E-state index contributed by atoms with van der Waals surface area (Å²) in [6.07, 6.45) is 0. The van der Waals surface area contributed by atoms with Gasteiger partial charge in [-0.1, -0.05) is 35.6 Å². The Morgan fingerprint density at radius 2 is 1.79 bits per heavy atom. The highest BCUT2D eigenvalue weighted by Gasteiger charge is 2.38. The Hall–Kier alpha value is -4.18. The first-order chi connectivity index (χ1) is 18.7. The number of anilines is 1. The minimum Gasteiger partial charge on any atom is -0.493 e. The van der Waals surface area contributed by atoms with E-state index in [1.165, 1.54) is 18.8 Å². The molecule has 2 aliphatic heterocycles. The summed E-state index contributed by atoms with van der Waals surface area (Å²) < 4.78 is 18.0. The van der Waals surface area contributed by atoms with E-state index in [-0.39, 0.29) is 28.7 Å². The standard InChI is InChI=1S/C29H29N3O6S/c1-7-38-28(35)22-16(4)30-29-32(24(22)17-12-13-20(36-5)21(14-17)37-6)27(34)25(39-29)23-18-10-8-9-11-19(18)31(15(2)3)26(23)33/h8-15,24H,7H2,1-6H3/b25-23+/t24-/m1/s1. The van der Waals surface area contributed by atoms with Crippen LogP contribution in [0.2, 0.25) is 0 Å². The zero-order valence-corrected chi connectivity index (χ0v) is 23.4. The molecule has 3 heterocycles. The van der Waals surface area contributed by atoms with E-state index in [2.05, 4.69) is 4.99 Å². The fraction of sp³-hybridized carbons (Fsp3) is 0.310. The number of amides is 1. The Balaban J connectivity index is 1.83. The van der Waals surface area contributed by atoms with Crippen LogP contribution >= 0.6 is 11.3 Å². The van der Waals surface area contributed by atoms with Gasteiger partial charge in [0.15, 0.2) is 16.3 Å². The van der Waals surface area contributed by atoms with Gasteiger partial charge in [0.05, 0.1) is 49.4 Å². The monoisotopic (exact) mass is 547 g/mol. The van der Waals surface area contributed by atoms with Crippen LogP contribution in [0.1, 0.15) is 44.9 Å². The first kappa shape index (κ1) is 26.4. The van der Waals surface area contributed by atoms with Gasteiger partial charge in [0.25, 0.3) is 11.5 Å². The number of thiazole rings is 1. The third-order valence-corrected chi connectivity index (χ3v) is 7.88. The molecule has 9 nitrogen and oxygen atoms in total. The molecular formula is C29H29N3O6S. The minimum atomic E-state index is -0.845. The lowest BCUT2D eigenvalue weighted by Crippen LogP contribution is -2.41. The average Bonchev–Trinajstić information content (AvgIpc) is 3.39. The highest BCUT2D eigenvalue weighted by molar-refractivity contribution is 7.07. The summed E-state index contributed by atoms with van der Waals surface area (Å²) in [4.78, 5) is 47.9. The topological polar surface area (TPSA) is 99.4 Å². The molecule has 10 heteroatoms. The Kier molecular flexibility index (Phi) is 6.90. The lowest BCUT2D eigenvalue weighted by molar-refractivity contribution is -0.139. The number of ether oxygens (including phenoxy) is 3. The molecule has 0 N–H and O–H groups in total. The number of para-hydroxylation sites is 1. The molecule has 2 aliphatic rings. The van der Waals surface area contributed by atoms with Crippen LogP contribution in [-0.2, 0) is 14.3 Å². The maximum atomic E-state index is 14.2. The van der Waals surface area contributed by atoms with Gasteiger partial charge < -0.3 is 19.1 Å². The van der Waals surface area contributed by atoms with Crippen LogP contribution in [-0.4, -0.2) is 43.3 Å². The van der Waals surface area contributed by atoms with Crippen LogP contribution in [0.15, 0.2) is 63.5 Å². The second kappa shape index (κ2) is 10.2. The smallest absolute Gasteiger partial charge is 0.338 e. The number of esters is 1. The zero-order chi connectivity index (χ0) is 28.0. The van der Waals surface area contributed by atoms with E-state index in [9.17, 15) is 14.4 Å². The van der Waals surface area contributed by atoms with Crippen LogP contribution in [0.3, 0.4) is 0 Å². The fourth-order valence-electron chi connectivity index (χ4n) is 5.15. The summed E-state index contributed by atoms with van der Waals surface area (Å²) in [6.45, 7) is 7.48. The summed E-state index contributed by atoms with van der Waals surface area (Å²) in [5.74, 6) is 0.159. The molecule has 0 unspecified atom stereocenters. The van der Waals surface area contributed by atoms with Gasteiger partial charge in [0.2, 0.25) is 0 Å². The van der Waals surface area contributed by atoms with E-state index < -0.39 is 17.6 Å². The van der Waals surface area contributed by atoms with Crippen molar-refractivity contribution in [3.05, 3.63) is 84.5 Å². The molecule has 0 saturated carbocycles. The van der Waals surface area contributed by atoms with E-state index in [4.69, 9.17) is 14.2 Å². The number of rotatable bonds is 6. The van der Waals surface area contributed by atoms with Gasteiger partial charge in [-0.25, -0.2) is 9.79 Å². The highest BCUT2D eigenvalue weighted by atomic mass is 32.1. The Bertz CT molecular complexity index is 1720. The maximum Gasteiger partial charge on any atom is 0.338 e. The van der Waals surface area contributed by atoms with E-state index in [1.54, 1.807) is 36.9 Å². The summed E-state index contributed by atoms with van der Waals surface area (Å²) in [6, 6.07) is 11.7. The van der Waals surface area contributed by atoms with Crippen molar-refractivity contribution in [2.24, 2.45) is 4.99 Å². The number of carbonyl (C=O) groups excluding carboxylic acids is 2. The molecule has 0 fully saturated rings. The number of fused-ring (bicyclic) bond motifs is 2. The highest BCUT2D eigenvalue weighted by Crippen LogP contribution is 2.38. The van der Waals surface area contributed by atoms with Crippen LogP contribution in [0.4, 0.5) is 5.69 Å². The Labute approximate surface area is 229 Å². The third-order valence-electron chi connectivity index (χ3n) is 6.82. The van der Waals surface area contributed by atoms with Crippen LogP contribution < -0.4 is 29.3 Å². The molecule has 2 aromatic carbocycles. The largest absolute Gasteiger partial charge is 0.493 e. The van der Waals surface area contributed by atoms with Crippen LogP contribution in [0.5, 0.6) is 11.5 Å². The SMILES string of the molecule is CCOC(=O)C1=C(C)N=c2s/c(=C3/C(=O)N(C(C)C)c4ccccc43)c(=O)n2[C@@H]1c1ccc(OC)c(OC)c1. The van der Waals surface area contributed by atoms with E-state index in [1.807, 2.05) is 38.1 Å². The summed E-state index contributed by atoms with van der Waals surface area (Å²) >= 11 is 1.14. The molecule has 0 radical (unpaired) electrons. The van der Waals surface area contributed by atoms with Crippen LogP contribution in [0.25, 0.3) is 5.57 Å². The van der Waals surface area contributed by atoms with Crippen LogP contribution in [0, 0.1) is 0 Å². The molecule has 1 aromatic heterocycles. The predicted octanol–water partition coefficient (Wildman–Crippen LogP) is 2.94. The van der Waals surface area contributed by atoms with Crippen molar-refractivity contribution < 1.29 is 23.8 Å². The van der Waals surface area contributed by atoms with Gasteiger partial charge in [0, 0.05) is 11.6 Å². The molecule has 1 amide bonds. The van der Waals surface area contributed by atoms with Gasteiger partial charge >= 0.3 is 5.97 Å². The molecule has 0 bridgehead atoms. The summed E-state index contributed by atoms with van der Waals surface area (Å²) in [5, 5.41) is 0. The number of aromatic nitrogens is 1. The Morgan fingerprint density at radius 1 is 1.08 bits per heavy atom. The van der Waals surface area contributed by atoms with Crippen molar-refractivity contribution in [3.8, 4) is 11.5 Å². The number of nitrogens with zero attached hydrogens (tertiary/aromatic N) is 3. The number of benzene rings is 2. The van der Waals surface area contributed by atoms with Gasteiger partial charge in [0.1, 0.15) is 4.53 Å². The average molecular weight is 548 g/mol. The van der Waals surface area contributed by atoms with Crippen molar-refractivity contribution in [1.29, 1.82) is 0 Å². The maximum absolute atomic E-state index is 14.2. The molecular weight excluding hydrogens is 518 g/mol. The van der Waals surface area contributed by atoms with Crippen molar-refractivity contribution in [3.63, 3.8) is 0 Å². The molecule has 202 valence electrons. The molecule has 0 aliphatic carbocycles. The van der Waals surface area contributed by atoms with Crippen molar-refractivity contribution in [2.45, 2.75) is 39.8 Å². The molecule has 0 spiro atoms. The van der Waals surface area contributed by atoms with E-state index in [0.717, 1.165) is 17.0 Å². The molecule has 5 rings (SSSR count). The molecule has 39 heavy (non-hydrogen) atoms. The van der Waals surface area contributed by atoms with Gasteiger partial charge in [-0.2, -0.15) is 0 Å². The van der Waals surface area contributed by atoms with Gasteiger partial charge in [-0.15, -0.1) is 0 Å². The number of allylic oxidation sites excluding steroid dienone is 1. The van der Waals surface area contributed by atoms with Crippen molar-refractivity contribution >= 4 is 34.5 Å². The lowest BCUT2D eigenvalue weighted by Gasteiger charge is -2.25. The second-order valence-electron chi connectivity index (χ2n) is 9.40. The summed E-state index contributed by atoms with van der Waals surface area (Å²) in [5.41, 5.74) is 2.69. The predicted molar refractivity (Wildman–Crippen MR) is 148 cm³/mol. The van der Waals surface area contributed by atoms with E-state index >= 15 is 0 Å². The third kappa shape index (κ3) is 4.15. The van der Waals surface area contributed by atoms with Gasteiger partial charge in [-0.05, 0) is 51.5 Å². The lowest BCUT2D eigenvalue weighted by atomic mass is 9.95. The summed E-state index contributed by atoms with van der Waals surface area (Å²) in [7, 11) is 3.05. The molecule has 1 atom stereocenters. The van der Waals surface area contributed by atoms with Crippen molar-refractivity contribution in [2.75, 3.05) is 25.7 Å². The number of carbonyl (C=O) groups is 2. The Morgan fingerprint density at radius 3 is 2.46 bits per heavy atom. The minimum absolute atomic E-state index is 0.1000. The fourth-order valence-corrected chi connectivity index (χ4v) is 6.29. The number of methoxy groups -OCH3 is 2. The number of hydrogen-bond donors (Lipinski definition) is 0. The quantitative estimate of drug-likeness (QED) is 0.440. The second-order valence-corrected chi connectivity index (χ2v) is 10.4. The van der Waals surface area contributed by atoms with Crippen molar-refractivity contribution in [1.82, 2.24) is 4.57 Å². The van der Waals surface area contributed by atoms with E-state index in [0.29, 0.717) is 38.7 Å². The molecule has 0 saturated heterocycles. The molecule has 3 aromatic rings. The first-order valence-electron chi connectivity index (χ1n) is 12.6. The first-order valence-corrected chi connectivity index (χ1v) is 13.4. The number of hydrogen-bond acceptors (Lipinski definition) is 8.